The molecule has 0 radical (unpaired) electrons. The maximum atomic E-state index is 12.9. The molecular weight excluding hydrogens is 392 g/mol. The summed E-state index contributed by atoms with van der Waals surface area (Å²) < 4.78 is 5.37. The van der Waals surface area contributed by atoms with E-state index in [2.05, 4.69) is 19.2 Å². The highest BCUT2D eigenvalue weighted by molar-refractivity contribution is 8.14. The van der Waals surface area contributed by atoms with Gasteiger partial charge in [-0.2, -0.15) is 0 Å². The van der Waals surface area contributed by atoms with Gasteiger partial charge in [0.25, 0.3) is 0 Å². The molecule has 0 aromatic heterocycles. The molecule has 7 nitrogen and oxygen atoms in total. The number of carbonyl (C=O) groups excluding carboxylic acids is 4. The van der Waals surface area contributed by atoms with E-state index in [-0.39, 0.29) is 23.9 Å². The quantitative estimate of drug-likeness (QED) is 0.433. The smallest absolute Gasteiger partial charge is 0.329 e. The molecule has 0 aromatic rings. The van der Waals surface area contributed by atoms with Gasteiger partial charge in [0.1, 0.15) is 11.6 Å². The number of nitrogens with one attached hydrogen (secondary N) is 1. The van der Waals surface area contributed by atoms with Crippen molar-refractivity contribution in [2.45, 2.75) is 103 Å². The van der Waals surface area contributed by atoms with Gasteiger partial charge in [-0.25, -0.2) is 4.79 Å². The summed E-state index contributed by atoms with van der Waals surface area (Å²) in [7, 11) is 0. The second kappa shape index (κ2) is 13.6. The van der Waals surface area contributed by atoms with Crippen LogP contribution in [-0.2, 0) is 23.9 Å². The molecule has 168 valence electrons. The topological polar surface area (TPSA) is 116 Å². The number of unbranched alkanes of at least 4 members (excludes halogenated alkanes) is 1. The zero-order valence-electron chi connectivity index (χ0n) is 18.7. The monoisotopic (exact) mass is 430 g/mol. The van der Waals surface area contributed by atoms with Crippen LogP contribution in [0, 0.1) is 5.92 Å². The fraction of sp³-hybridized carbons (Fsp3) is 0.810. The van der Waals surface area contributed by atoms with Gasteiger partial charge in [0.05, 0.1) is 5.25 Å². The van der Waals surface area contributed by atoms with Crippen LogP contribution in [0.2, 0.25) is 0 Å². The van der Waals surface area contributed by atoms with Crippen LogP contribution in [0.15, 0.2) is 0 Å². The second-order valence-corrected chi connectivity index (χ2v) is 9.73. The predicted molar refractivity (Wildman–Crippen MR) is 116 cm³/mol. The molecule has 0 aliphatic carbocycles. The van der Waals surface area contributed by atoms with Crippen molar-refractivity contribution in [2.24, 2.45) is 11.7 Å². The Morgan fingerprint density at radius 1 is 1.10 bits per heavy atom. The van der Waals surface area contributed by atoms with Crippen LogP contribution in [0.5, 0.6) is 0 Å². The largest absolute Gasteiger partial charge is 0.458 e. The number of nitrogens with two attached hydrogens (primary N) is 1. The molecule has 0 fully saturated rings. The molecule has 3 atom stereocenters. The highest BCUT2D eigenvalue weighted by Crippen LogP contribution is 2.26. The molecular formula is C21H38N2O5S. The minimum atomic E-state index is -0.986. The fourth-order valence-corrected chi connectivity index (χ4v) is 3.81. The molecule has 0 spiro atoms. The van der Waals surface area contributed by atoms with Crippen LogP contribution in [0.3, 0.4) is 0 Å². The van der Waals surface area contributed by atoms with E-state index in [1.165, 1.54) is 6.92 Å². The highest BCUT2D eigenvalue weighted by atomic mass is 32.2. The molecule has 0 saturated heterocycles. The zero-order valence-corrected chi connectivity index (χ0v) is 19.5. The standard InChI is InChI=1S/C21H38N2O5S/c1-7-9-10-15(8-2)13-17(29-14(3)24)19(26)23-16(11-12-18(22)25)20(27)28-21(4,5)6/h15-17H,7-13H2,1-6H3,(H2,22,25)(H,23,26). The molecule has 8 heteroatoms. The van der Waals surface area contributed by atoms with Crippen molar-refractivity contribution in [3.05, 3.63) is 0 Å². The molecule has 3 N–H and O–H groups in total. The summed E-state index contributed by atoms with van der Waals surface area (Å²) in [6.07, 6.45) is 4.61. The van der Waals surface area contributed by atoms with Gasteiger partial charge in [-0.05, 0) is 39.5 Å². The number of hydrogen-bond donors (Lipinski definition) is 2. The Hall–Kier alpha value is -1.57. The Morgan fingerprint density at radius 3 is 2.17 bits per heavy atom. The first-order chi connectivity index (χ1) is 13.4. The van der Waals surface area contributed by atoms with E-state index in [0.29, 0.717) is 12.3 Å². The molecule has 0 aliphatic heterocycles. The number of ether oxygens (including phenoxy) is 1. The number of hydrogen-bond acceptors (Lipinski definition) is 6. The Kier molecular flexibility index (Phi) is 12.9. The minimum Gasteiger partial charge on any atom is -0.458 e. The third kappa shape index (κ3) is 13.3. The van der Waals surface area contributed by atoms with Gasteiger partial charge < -0.3 is 15.8 Å². The number of amides is 2. The first kappa shape index (κ1) is 27.4. The molecule has 0 heterocycles. The molecule has 0 aliphatic rings. The van der Waals surface area contributed by atoms with Gasteiger partial charge in [-0.15, -0.1) is 0 Å². The zero-order chi connectivity index (χ0) is 22.6. The van der Waals surface area contributed by atoms with E-state index in [4.69, 9.17) is 10.5 Å². The van der Waals surface area contributed by atoms with Crippen molar-refractivity contribution in [3.8, 4) is 0 Å². The van der Waals surface area contributed by atoms with Gasteiger partial charge in [-0.1, -0.05) is 51.3 Å². The average molecular weight is 431 g/mol. The van der Waals surface area contributed by atoms with E-state index in [0.717, 1.165) is 37.4 Å². The summed E-state index contributed by atoms with van der Waals surface area (Å²) >= 11 is 0.981. The summed E-state index contributed by atoms with van der Waals surface area (Å²) in [5.41, 5.74) is 4.47. The summed E-state index contributed by atoms with van der Waals surface area (Å²) in [5.74, 6) is -1.24. The normalized spacial score (nSPS) is 14.6. The fourth-order valence-electron chi connectivity index (χ4n) is 2.87. The lowest BCUT2D eigenvalue weighted by molar-refractivity contribution is -0.158. The van der Waals surface area contributed by atoms with Gasteiger partial charge in [0.15, 0.2) is 5.12 Å². The minimum absolute atomic E-state index is 0.0528. The summed E-state index contributed by atoms with van der Waals surface area (Å²) in [5, 5.41) is 1.95. The van der Waals surface area contributed by atoms with E-state index in [1.54, 1.807) is 20.8 Å². The van der Waals surface area contributed by atoms with Crippen molar-refractivity contribution < 1.29 is 23.9 Å². The molecule has 29 heavy (non-hydrogen) atoms. The van der Waals surface area contributed by atoms with E-state index in [9.17, 15) is 19.2 Å². The third-order valence-corrected chi connectivity index (χ3v) is 5.40. The van der Waals surface area contributed by atoms with Crippen LogP contribution in [0.25, 0.3) is 0 Å². The first-order valence-electron chi connectivity index (χ1n) is 10.4. The molecule has 0 aromatic carbocycles. The van der Waals surface area contributed by atoms with E-state index >= 15 is 0 Å². The van der Waals surface area contributed by atoms with Crippen molar-refractivity contribution in [2.75, 3.05) is 0 Å². The molecule has 0 saturated carbocycles. The number of thioether (sulfide) groups is 1. The van der Waals surface area contributed by atoms with Gasteiger partial charge in [0, 0.05) is 13.3 Å². The number of rotatable bonds is 13. The lowest BCUT2D eigenvalue weighted by Crippen LogP contribution is -2.47. The van der Waals surface area contributed by atoms with Crippen molar-refractivity contribution in [3.63, 3.8) is 0 Å². The Balaban J connectivity index is 5.32. The molecule has 0 rings (SSSR count). The van der Waals surface area contributed by atoms with Crippen molar-refractivity contribution in [1.29, 1.82) is 0 Å². The Morgan fingerprint density at radius 2 is 1.72 bits per heavy atom. The van der Waals surface area contributed by atoms with Gasteiger partial charge >= 0.3 is 5.97 Å². The lowest BCUT2D eigenvalue weighted by atomic mass is 9.94. The van der Waals surface area contributed by atoms with E-state index in [1.807, 2.05) is 0 Å². The maximum absolute atomic E-state index is 12.9. The maximum Gasteiger partial charge on any atom is 0.329 e. The van der Waals surface area contributed by atoms with Crippen LogP contribution >= 0.6 is 11.8 Å². The highest BCUT2D eigenvalue weighted by Gasteiger charge is 2.31. The summed E-state index contributed by atoms with van der Waals surface area (Å²) in [6, 6.07) is -0.986. The second-order valence-electron chi connectivity index (χ2n) is 8.35. The van der Waals surface area contributed by atoms with Crippen molar-refractivity contribution in [1.82, 2.24) is 5.32 Å². The first-order valence-corrected chi connectivity index (χ1v) is 11.3. The third-order valence-electron chi connectivity index (χ3n) is 4.38. The number of primary amides is 1. The Bertz CT molecular complexity index is 560. The van der Waals surface area contributed by atoms with Crippen LogP contribution in [0.4, 0.5) is 0 Å². The van der Waals surface area contributed by atoms with Crippen LogP contribution in [0.1, 0.15) is 86.5 Å². The van der Waals surface area contributed by atoms with Crippen molar-refractivity contribution >= 4 is 34.7 Å². The lowest BCUT2D eigenvalue weighted by Gasteiger charge is -2.26. The number of esters is 1. The van der Waals surface area contributed by atoms with Gasteiger partial charge in [0.2, 0.25) is 11.8 Å². The van der Waals surface area contributed by atoms with Crippen LogP contribution < -0.4 is 11.1 Å². The summed E-state index contributed by atoms with van der Waals surface area (Å²) in [4.78, 5) is 48.3. The van der Waals surface area contributed by atoms with Gasteiger partial charge in [-0.3, -0.25) is 14.4 Å². The SMILES string of the molecule is CCCCC(CC)CC(SC(C)=O)C(=O)NC(CCC(N)=O)C(=O)OC(C)(C)C. The molecule has 3 unspecified atom stereocenters. The summed E-state index contributed by atoms with van der Waals surface area (Å²) in [6.45, 7) is 10.8. The van der Waals surface area contributed by atoms with E-state index < -0.39 is 28.8 Å². The van der Waals surface area contributed by atoms with Crippen LogP contribution in [-0.4, -0.2) is 39.8 Å². The predicted octanol–water partition coefficient (Wildman–Crippen LogP) is 3.33. The number of carbonyl (C=O) groups is 4. The Labute approximate surface area is 179 Å². The molecule has 2 amide bonds. The average Bonchev–Trinajstić information content (AvgIpc) is 2.58. The molecule has 0 bridgehead atoms.